The van der Waals surface area contributed by atoms with Crippen LogP contribution in [0.15, 0.2) is 0 Å². The molecule has 22 heavy (non-hydrogen) atoms. The van der Waals surface area contributed by atoms with Crippen molar-refractivity contribution in [3.8, 4) is 0 Å². The van der Waals surface area contributed by atoms with E-state index >= 15 is 0 Å². The average molecular weight is 337 g/mol. The second kappa shape index (κ2) is 13.0. The van der Waals surface area contributed by atoms with Crippen LogP contribution in [-0.4, -0.2) is 54.3 Å². The summed E-state index contributed by atoms with van der Waals surface area (Å²) >= 11 is 0. The van der Waals surface area contributed by atoms with Gasteiger partial charge < -0.3 is 5.11 Å². The predicted molar refractivity (Wildman–Crippen MR) is 91.4 cm³/mol. The van der Waals surface area contributed by atoms with Crippen molar-refractivity contribution in [3.05, 3.63) is 0 Å². The molecule has 132 valence electrons. The maximum absolute atomic E-state index is 10.6. The van der Waals surface area contributed by atoms with Crippen LogP contribution in [0.4, 0.5) is 0 Å². The Balaban J connectivity index is 3.62. The fraction of sp³-hybridized carbons (Fsp3) is 0.938. The molecule has 0 aromatic rings. The zero-order valence-electron chi connectivity index (χ0n) is 14.2. The van der Waals surface area contributed by atoms with E-state index in [-0.39, 0.29) is 11.9 Å². The summed E-state index contributed by atoms with van der Waals surface area (Å²) in [5.74, 6) is -0.210. The molecule has 0 saturated heterocycles. The van der Waals surface area contributed by atoms with Crippen molar-refractivity contribution in [2.45, 2.75) is 77.2 Å². The van der Waals surface area contributed by atoms with Gasteiger partial charge in [0.25, 0.3) is 10.1 Å². The minimum absolute atomic E-state index is 0.210. The van der Waals surface area contributed by atoms with Crippen molar-refractivity contribution < 1.29 is 22.7 Å². The summed E-state index contributed by atoms with van der Waals surface area (Å²) in [5.41, 5.74) is 0. The van der Waals surface area contributed by atoms with Gasteiger partial charge in [0.2, 0.25) is 0 Å². The maximum Gasteiger partial charge on any atom is 0.264 e. The van der Waals surface area contributed by atoms with Crippen LogP contribution in [0.5, 0.6) is 0 Å². The van der Waals surface area contributed by atoms with E-state index in [0.717, 1.165) is 12.8 Å². The highest BCUT2D eigenvalue weighted by atomic mass is 32.2. The second-order valence-corrected chi connectivity index (χ2v) is 7.69. The number of aliphatic hydroxyl groups excluding tert-OH is 1. The smallest absolute Gasteiger partial charge is 0.264 e. The molecule has 2 N–H and O–H groups in total. The molecule has 1 unspecified atom stereocenters. The van der Waals surface area contributed by atoms with E-state index in [2.05, 4.69) is 6.92 Å². The topological polar surface area (TPSA) is 77.6 Å². The van der Waals surface area contributed by atoms with Crippen LogP contribution in [0, 0.1) is 0 Å². The zero-order chi connectivity index (χ0) is 16.8. The minimum atomic E-state index is -3.86. The summed E-state index contributed by atoms with van der Waals surface area (Å²) in [5, 5.41) is 9.95. The Morgan fingerprint density at radius 1 is 1.05 bits per heavy atom. The lowest BCUT2D eigenvalue weighted by atomic mass is 10.1. The van der Waals surface area contributed by atoms with Gasteiger partial charge in [0.15, 0.2) is 6.54 Å². The van der Waals surface area contributed by atoms with Crippen molar-refractivity contribution >= 4 is 16.3 Å². The molecular weight excluding hydrogens is 302 g/mol. The van der Waals surface area contributed by atoms with Gasteiger partial charge in [0.1, 0.15) is 19.4 Å². The van der Waals surface area contributed by atoms with Crippen LogP contribution in [0.2, 0.25) is 0 Å². The lowest BCUT2D eigenvalue weighted by Gasteiger charge is -2.08. The summed E-state index contributed by atoms with van der Waals surface area (Å²) in [4.78, 5) is 0. The molecule has 0 aliphatic rings. The van der Waals surface area contributed by atoms with Crippen LogP contribution < -0.4 is 0 Å². The summed E-state index contributed by atoms with van der Waals surface area (Å²) in [7, 11) is -1.98. The number of hydrogen-bond acceptors (Lipinski definition) is 3. The Hall–Kier alpha value is -0.460. The molecule has 0 bridgehead atoms. The third-order valence-electron chi connectivity index (χ3n) is 3.69. The van der Waals surface area contributed by atoms with Crippen molar-refractivity contribution in [1.29, 1.82) is 0 Å². The monoisotopic (exact) mass is 336 g/mol. The van der Waals surface area contributed by atoms with Gasteiger partial charge in [0, 0.05) is 6.42 Å². The Bertz CT molecular complexity index is 393. The summed E-state index contributed by atoms with van der Waals surface area (Å²) in [6.07, 6.45) is 12.0. The van der Waals surface area contributed by atoms with Gasteiger partial charge in [0.05, 0.1) is 5.75 Å². The van der Waals surface area contributed by atoms with Gasteiger partial charge >= 0.3 is 0 Å². The van der Waals surface area contributed by atoms with E-state index in [0.29, 0.717) is 19.4 Å². The van der Waals surface area contributed by atoms with Crippen molar-refractivity contribution in [3.63, 3.8) is 0 Å². The zero-order valence-corrected chi connectivity index (χ0v) is 15.0. The van der Waals surface area contributed by atoms with Gasteiger partial charge in [-0.15, -0.1) is 0 Å². The fourth-order valence-electron chi connectivity index (χ4n) is 2.41. The van der Waals surface area contributed by atoms with Crippen molar-refractivity contribution in [1.82, 2.24) is 0 Å². The molecule has 0 heterocycles. The number of hydrogen-bond donors (Lipinski definition) is 2. The van der Waals surface area contributed by atoms with Gasteiger partial charge in [-0.25, -0.2) is 4.58 Å². The van der Waals surface area contributed by atoms with Crippen molar-refractivity contribution in [2.75, 3.05) is 19.3 Å². The molecule has 0 aliphatic carbocycles. The first-order valence-corrected chi connectivity index (χ1v) is 10.1. The molecule has 0 rings (SSSR count). The number of unbranched alkanes of at least 4 members (excludes halogenated alkanes) is 7. The van der Waals surface area contributed by atoms with E-state index in [4.69, 9.17) is 4.55 Å². The fourth-order valence-corrected chi connectivity index (χ4v) is 2.94. The van der Waals surface area contributed by atoms with E-state index < -0.39 is 10.1 Å². The van der Waals surface area contributed by atoms with E-state index in [1.165, 1.54) is 38.5 Å². The number of rotatable bonds is 14. The molecule has 0 aromatic heterocycles. The molecule has 0 fully saturated rings. The maximum atomic E-state index is 10.6. The molecule has 0 spiro atoms. The van der Waals surface area contributed by atoms with E-state index in [9.17, 15) is 13.5 Å². The van der Waals surface area contributed by atoms with Gasteiger partial charge in [-0.3, -0.25) is 4.55 Å². The van der Waals surface area contributed by atoms with E-state index in [1.807, 2.05) is 17.8 Å². The third-order valence-corrected chi connectivity index (χ3v) is 4.49. The van der Waals surface area contributed by atoms with E-state index in [1.54, 1.807) is 0 Å². The SMILES string of the molecule is CCCCCCCCCC(O)C[N+](C)=CCCCS(=O)(=O)O. The third kappa shape index (κ3) is 15.9. The van der Waals surface area contributed by atoms with Gasteiger partial charge in [-0.2, -0.15) is 8.42 Å². The molecule has 0 amide bonds. The summed E-state index contributed by atoms with van der Waals surface area (Å²) < 4.78 is 31.7. The first kappa shape index (κ1) is 21.5. The Labute approximate surface area is 136 Å². The largest absolute Gasteiger partial charge is 0.387 e. The first-order valence-electron chi connectivity index (χ1n) is 8.52. The van der Waals surface area contributed by atoms with Crippen LogP contribution in [-0.2, 0) is 10.1 Å². The highest BCUT2D eigenvalue weighted by Gasteiger charge is 2.09. The Morgan fingerprint density at radius 2 is 1.64 bits per heavy atom. The lowest BCUT2D eigenvalue weighted by Crippen LogP contribution is -2.22. The molecule has 0 aromatic carbocycles. The highest BCUT2D eigenvalue weighted by Crippen LogP contribution is 2.09. The second-order valence-electron chi connectivity index (χ2n) is 6.11. The minimum Gasteiger partial charge on any atom is -0.387 e. The van der Waals surface area contributed by atoms with Crippen molar-refractivity contribution in [2.24, 2.45) is 0 Å². The standard InChI is InChI=1S/C16H33NO4S/c1-3-4-5-6-7-8-9-12-16(18)15-17(2)13-10-11-14-22(19,20)21/h13,16,18H,3-12,14-15H2,1-2H3/p+1. The lowest BCUT2D eigenvalue weighted by molar-refractivity contribution is -0.503. The summed E-state index contributed by atoms with van der Waals surface area (Å²) in [6, 6.07) is 0. The Morgan fingerprint density at radius 3 is 2.23 bits per heavy atom. The van der Waals surface area contributed by atoms with Crippen LogP contribution in [0.25, 0.3) is 0 Å². The molecule has 1 atom stereocenters. The predicted octanol–water partition coefficient (Wildman–Crippen LogP) is 2.87. The first-order chi connectivity index (χ1) is 10.3. The quantitative estimate of drug-likeness (QED) is 0.221. The van der Waals surface area contributed by atoms with Gasteiger partial charge in [-0.05, 0) is 12.8 Å². The van der Waals surface area contributed by atoms with Crippen LogP contribution in [0.1, 0.15) is 71.1 Å². The molecule has 0 saturated carbocycles. The summed E-state index contributed by atoms with van der Waals surface area (Å²) in [6.45, 7) is 2.79. The number of likely N-dealkylation sites (N-methyl/N-ethyl adjacent to an activating group) is 1. The Kier molecular flexibility index (Phi) is 12.8. The highest BCUT2D eigenvalue weighted by molar-refractivity contribution is 7.85. The molecule has 5 nitrogen and oxygen atoms in total. The average Bonchev–Trinajstić information content (AvgIpc) is 2.41. The van der Waals surface area contributed by atoms with Gasteiger partial charge in [-0.1, -0.05) is 51.9 Å². The molecule has 6 heteroatoms. The molecule has 0 aliphatic heterocycles. The molecule has 0 radical (unpaired) electrons. The van der Waals surface area contributed by atoms with Crippen LogP contribution >= 0.6 is 0 Å². The van der Waals surface area contributed by atoms with Crippen LogP contribution in [0.3, 0.4) is 0 Å². The number of aliphatic hydroxyl groups is 1. The molecular formula is C16H34NO4S+. The normalized spacial score (nSPS) is 14.3. The number of nitrogens with zero attached hydrogens (tertiary/aromatic N) is 1.